The van der Waals surface area contributed by atoms with Gasteiger partial charge in [-0.15, -0.1) is 0 Å². The summed E-state index contributed by atoms with van der Waals surface area (Å²) in [6, 6.07) is 8.47. The summed E-state index contributed by atoms with van der Waals surface area (Å²) in [5.74, 6) is 0.784. The second-order valence-electron chi connectivity index (χ2n) is 6.83. The molecule has 0 aromatic heterocycles. The number of nitrogens with one attached hydrogen (secondary N) is 1. The molecular formula is C17H23NO2. The number of hydrogen-bond donors (Lipinski definition) is 3. The summed E-state index contributed by atoms with van der Waals surface area (Å²) in [6.07, 6.45) is 6.14. The molecule has 1 aromatic carbocycles. The highest BCUT2D eigenvalue weighted by atomic mass is 16.3. The third-order valence-corrected chi connectivity index (χ3v) is 5.92. The molecule has 108 valence electrons. The first-order valence-electron chi connectivity index (χ1n) is 7.91. The molecule has 3 heteroatoms. The van der Waals surface area contributed by atoms with Gasteiger partial charge in [0.15, 0.2) is 0 Å². The zero-order chi connectivity index (χ0) is 13.8. The maximum Gasteiger partial charge on any atom is 0.123 e. The summed E-state index contributed by atoms with van der Waals surface area (Å²) in [6.45, 7) is 0.167. The molecule has 1 saturated carbocycles. The molecule has 0 amide bonds. The Morgan fingerprint density at radius 1 is 1.15 bits per heavy atom. The van der Waals surface area contributed by atoms with Crippen molar-refractivity contribution >= 4 is 0 Å². The minimum absolute atomic E-state index is 0.167. The third-order valence-electron chi connectivity index (χ3n) is 5.92. The fourth-order valence-electron chi connectivity index (χ4n) is 5.27. The lowest BCUT2D eigenvalue weighted by molar-refractivity contribution is -0.0412. The van der Waals surface area contributed by atoms with Gasteiger partial charge in [-0.2, -0.15) is 0 Å². The van der Waals surface area contributed by atoms with Crippen molar-refractivity contribution in [2.45, 2.75) is 49.8 Å². The monoisotopic (exact) mass is 273 g/mol. The van der Waals surface area contributed by atoms with Crippen LogP contribution in [0.4, 0.5) is 0 Å². The lowest BCUT2D eigenvalue weighted by Crippen LogP contribution is -2.56. The highest BCUT2D eigenvalue weighted by Crippen LogP contribution is 2.58. The maximum absolute atomic E-state index is 11.2. The zero-order valence-electron chi connectivity index (χ0n) is 11.8. The van der Waals surface area contributed by atoms with Crippen LogP contribution in [0, 0.1) is 11.8 Å². The molecule has 3 N–H and O–H groups in total. The standard InChI is InChI=1S/C17H23NO2/c19-10-9-16-13-6-2-1-5-12(13)11-17(20,18-16)15-8-4-3-7-14(15)16/h1-2,5-6,14-15,18-20H,3-4,7-11H2. The van der Waals surface area contributed by atoms with Crippen LogP contribution >= 0.6 is 0 Å². The molecule has 1 saturated heterocycles. The van der Waals surface area contributed by atoms with E-state index in [2.05, 4.69) is 29.6 Å². The molecule has 0 spiro atoms. The predicted octanol–water partition coefficient (Wildman–Crippen LogP) is 1.92. The molecule has 3 aliphatic rings. The molecule has 3 nitrogen and oxygen atoms in total. The Hall–Kier alpha value is -0.900. The van der Waals surface area contributed by atoms with Crippen LogP contribution in [0.25, 0.3) is 0 Å². The van der Waals surface area contributed by atoms with E-state index in [1.165, 1.54) is 24.0 Å². The largest absolute Gasteiger partial charge is 0.396 e. The van der Waals surface area contributed by atoms with Crippen LogP contribution in [0.2, 0.25) is 0 Å². The maximum atomic E-state index is 11.2. The minimum Gasteiger partial charge on any atom is -0.396 e. The van der Waals surface area contributed by atoms with Gasteiger partial charge >= 0.3 is 0 Å². The van der Waals surface area contributed by atoms with Crippen LogP contribution in [0.15, 0.2) is 24.3 Å². The van der Waals surface area contributed by atoms with Gasteiger partial charge in [0.1, 0.15) is 5.72 Å². The van der Waals surface area contributed by atoms with Crippen molar-refractivity contribution in [2.24, 2.45) is 11.8 Å². The Morgan fingerprint density at radius 3 is 2.70 bits per heavy atom. The topological polar surface area (TPSA) is 52.5 Å². The summed E-state index contributed by atoms with van der Waals surface area (Å²) in [4.78, 5) is 0. The van der Waals surface area contributed by atoms with Crippen molar-refractivity contribution in [3.63, 3.8) is 0 Å². The number of benzene rings is 1. The second kappa shape index (κ2) is 4.30. The van der Waals surface area contributed by atoms with Crippen LogP contribution < -0.4 is 5.32 Å². The molecule has 4 unspecified atom stereocenters. The molecule has 2 fully saturated rings. The molecule has 4 atom stereocenters. The van der Waals surface area contributed by atoms with Gasteiger partial charge in [0, 0.05) is 18.9 Å². The van der Waals surface area contributed by atoms with E-state index >= 15 is 0 Å². The highest BCUT2D eigenvalue weighted by molar-refractivity contribution is 5.42. The highest BCUT2D eigenvalue weighted by Gasteiger charge is 2.63. The minimum atomic E-state index is -0.769. The molecule has 1 aliphatic carbocycles. The average molecular weight is 273 g/mol. The SMILES string of the molecule is OCCC12NC(O)(Cc3ccccc31)C1CCCCC12. The van der Waals surface area contributed by atoms with E-state index < -0.39 is 5.72 Å². The summed E-state index contributed by atoms with van der Waals surface area (Å²) in [5.41, 5.74) is 1.59. The van der Waals surface area contributed by atoms with Gasteiger partial charge in [0.2, 0.25) is 0 Å². The van der Waals surface area contributed by atoms with Crippen LogP contribution in [-0.4, -0.2) is 22.5 Å². The molecule has 20 heavy (non-hydrogen) atoms. The van der Waals surface area contributed by atoms with E-state index in [0.717, 1.165) is 12.8 Å². The first-order valence-corrected chi connectivity index (χ1v) is 7.91. The van der Waals surface area contributed by atoms with Crippen LogP contribution in [0.1, 0.15) is 43.2 Å². The van der Waals surface area contributed by atoms with E-state index in [1.54, 1.807) is 0 Å². The fraction of sp³-hybridized carbons (Fsp3) is 0.647. The number of hydrogen-bond acceptors (Lipinski definition) is 3. The Morgan fingerprint density at radius 2 is 1.90 bits per heavy atom. The smallest absolute Gasteiger partial charge is 0.123 e. The van der Waals surface area contributed by atoms with E-state index in [4.69, 9.17) is 0 Å². The third kappa shape index (κ3) is 1.51. The Labute approximate surface area is 120 Å². The molecule has 1 aromatic rings. The van der Waals surface area contributed by atoms with Crippen molar-refractivity contribution in [3.8, 4) is 0 Å². The predicted molar refractivity (Wildman–Crippen MR) is 77.1 cm³/mol. The zero-order valence-corrected chi connectivity index (χ0v) is 11.8. The van der Waals surface area contributed by atoms with Gasteiger partial charge in [0.05, 0.1) is 5.54 Å². The Kier molecular flexibility index (Phi) is 2.75. The molecule has 0 radical (unpaired) electrons. The van der Waals surface area contributed by atoms with Crippen molar-refractivity contribution in [1.82, 2.24) is 5.32 Å². The lowest BCUT2D eigenvalue weighted by Gasteiger charge is -2.42. The van der Waals surface area contributed by atoms with E-state index in [9.17, 15) is 10.2 Å². The molecular weight excluding hydrogens is 250 g/mol. The van der Waals surface area contributed by atoms with Crippen LogP contribution in [0.3, 0.4) is 0 Å². The van der Waals surface area contributed by atoms with Crippen molar-refractivity contribution < 1.29 is 10.2 Å². The average Bonchev–Trinajstić information content (AvgIpc) is 2.66. The van der Waals surface area contributed by atoms with Crippen molar-refractivity contribution in [2.75, 3.05) is 6.61 Å². The van der Waals surface area contributed by atoms with Crippen molar-refractivity contribution in [1.29, 1.82) is 0 Å². The Balaban J connectivity index is 1.90. The van der Waals surface area contributed by atoms with Gasteiger partial charge < -0.3 is 10.2 Å². The molecule has 4 rings (SSSR count). The Bertz CT molecular complexity index is 531. The van der Waals surface area contributed by atoms with E-state index in [1.807, 2.05) is 0 Å². The summed E-state index contributed by atoms with van der Waals surface area (Å²) >= 11 is 0. The summed E-state index contributed by atoms with van der Waals surface area (Å²) in [7, 11) is 0. The van der Waals surface area contributed by atoms with Crippen LogP contribution in [-0.2, 0) is 12.0 Å². The van der Waals surface area contributed by atoms with Gasteiger partial charge in [-0.25, -0.2) is 0 Å². The van der Waals surface area contributed by atoms with Gasteiger partial charge in [-0.3, -0.25) is 5.32 Å². The van der Waals surface area contributed by atoms with E-state index in [0.29, 0.717) is 24.7 Å². The molecule has 2 aliphatic heterocycles. The van der Waals surface area contributed by atoms with Gasteiger partial charge in [-0.1, -0.05) is 37.1 Å². The summed E-state index contributed by atoms with van der Waals surface area (Å²) < 4.78 is 0. The second-order valence-corrected chi connectivity index (χ2v) is 6.83. The normalized spacial score (nSPS) is 42.1. The number of rotatable bonds is 2. The van der Waals surface area contributed by atoms with Crippen LogP contribution in [0.5, 0.6) is 0 Å². The number of fused-ring (bicyclic) bond motifs is 7. The summed E-state index contributed by atoms with van der Waals surface area (Å²) in [5, 5.41) is 24.3. The molecule has 2 heterocycles. The van der Waals surface area contributed by atoms with Gasteiger partial charge in [0.25, 0.3) is 0 Å². The van der Waals surface area contributed by atoms with Crippen molar-refractivity contribution in [3.05, 3.63) is 35.4 Å². The molecule has 2 bridgehead atoms. The number of aliphatic hydroxyl groups is 2. The van der Waals surface area contributed by atoms with E-state index in [-0.39, 0.29) is 12.1 Å². The first kappa shape index (κ1) is 12.8. The number of aliphatic hydroxyl groups excluding tert-OH is 1. The first-order chi connectivity index (χ1) is 9.70. The van der Waals surface area contributed by atoms with Gasteiger partial charge in [-0.05, 0) is 36.3 Å². The lowest BCUT2D eigenvalue weighted by atomic mass is 9.68. The fourth-order valence-corrected chi connectivity index (χ4v) is 5.27. The quantitative estimate of drug-likeness (QED) is 0.771.